The Balaban J connectivity index is 1.41. The molecule has 2 aromatic carbocycles. The van der Waals surface area contributed by atoms with Gasteiger partial charge in [-0.05, 0) is 43.7 Å². The van der Waals surface area contributed by atoms with Crippen LogP contribution in [-0.2, 0) is 6.18 Å². The molecule has 0 spiro atoms. The number of para-hydroxylation sites is 1. The summed E-state index contributed by atoms with van der Waals surface area (Å²) in [7, 11) is 3.27. The van der Waals surface area contributed by atoms with E-state index in [-0.39, 0.29) is 5.78 Å². The fourth-order valence-electron chi connectivity index (χ4n) is 3.94. The molecule has 8 heteroatoms. The van der Waals surface area contributed by atoms with Gasteiger partial charge in [-0.2, -0.15) is 13.2 Å². The molecule has 0 atom stereocenters. The normalized spacial score (nSPS) is 15.0. The third kappa shape index (κ3) is 5.94. The summed E-state index contributed by atoms with van der Waals surface area (Å²) >= 11 is 0. The molecule has 1 heterocycles. The molecule has 174 valence electrons. The number of nitrogens with zero attached hydrogens (tertiary/aromatic N) is 2. The van der Waals surface area contributed by atoms with Crippen molar-refractivity contribution in [3.63, 3.8) is 0 Å². The van der Waals surface area contributed by atoms with Crippen LogP contribution in [0.4, 0.5) is 18.9 Å². The Morgan fingerprint density at radius 2 is 1.62 bits per heavy atom. The van der Waals surface area contributed by atoms with Crippen molar-refractivity contribution in [2.45, 2.75) is 25.4 Å². The number of halogens is 3. The first-order chi connectivity index (χ1) is 15.3. The van der Waals surface area contributed by atoms with Gasteiger partial charge in [-0.1, -0.05) is 18.2 Å². The van der Waals surface area contributed by atoms with Crippen LogP contribution in [0.3, 0.4) is 0 Å². The van der Waals surface area contributed by atoms with E-state index >= 15 is 0 Å². The Morgan fingerprint density at radius 1 is 0.938 bits per heavy atom. The average molecular weight is 451 g/mol. The second-order valence-corrected chi connectivity index (χ2v) is 7.80. The summed E-state index contributed by atoms with van der Waals surface area (Å²) in [6.07, 6.45) is -2.46. The first kappa shape index (κ1) is 23.9. The molecule has 0 aliphatic carbocycles. The van der Waals surface area contributed by atoms with Gasteiger partial charge in [0, 0.05) is 38.2 Å². The average Bonchev–Trinajstić information content (AvgIpc) is 2.81. The fraction of sp³-hybridized carbons (Fsp3) is 0.458. The van der Waals surface area contributed by atoms with E-state index in [0.717, 1.165) is 62.7 Å². The predicted molar refractivity (Wildman–Crippen MR) is 118 cm³/mol. The van der Waals surface area contributed by atoms with Crippen molar-refractivity contribution in [2.24, 2.45) is 0 Å². The van der Waals surface area contributed by atoms with Crippen LogP contribution in [0.5, 0.6) is 11.5 Å². The third-order valence-electron chi connectivity index (χ3n) is 5.76. The van der Waals surface area contributed by atoms with Crippen LogP contribution in [0.15, 0.2) is 42.5 Å². The van der Waals surface area contributed by atoms with Gasteiger partial charge >= 0.3 is 6.18 Å². The molecule has 3 rings (SSSR count). The minimum Gasteiger partial charge on any atom is -0.493 e. The molecule has 32 heavy (non-hydrogen) atoms. The minimum atomic E-state index is -4.39. The molecule has 1 aliphatic rings. The first-order valence-corrected chi connectivity index (χ1v) is 10.7. The van der Waals surface area contributed by atoms with Gasteiger partial charge in [0.05, 0.1) is 25.5 Å². The zero-order valence-electron chi connectivity index (χ0n) is 18.5. The molecular weight excluding hydrogens is 421 g/mol. The highest BCUT2D eigenvalue weighted by Crippen LogP contribution is 2.37. The number of carbonyl (C=O) groups is 1. The van der Waals surface area contributed by atoms with Gasteiger partial charge in [0.1, 0.15) is 0 Å². The zero-order chi connectivity index (χ0) is 23.1. The number of hydrogen-bond donors (Lipinski definition) is 0. The number of ether oxygens (including phenoxy) is 2. The lowest BCUT2D eigenvalue weighted by Crippen LogP contribution is -2.46. The maximum atomic E-state index is 12.6. The fourth-order valence-corrected chi connectivity index (χ4v) is 3.94. The molecule has 1 aliphatic heterocycles. The largest absolute Gasteiger partial charge is 0.493 e. The van der Waals surface area contributed by atoms with Gasteiger partial charge < -0.3 is 14.4 Å². The molecule has 1 fully saturated rings. The van der Waals surface area contributed by atoms with E-state index in [0.29, 0.717) is 24.2 Å². The van der Waals surface area contributed by atoms with Gasteiger partial charge in [0.2, 0.25) is 0 Å². The van der Waals surface area contributed by atoms with E-state index in [9.17, 15) is 18.0 Å². The highest BCUT2D eigenvalue weighted by atomic mass is 19.4. The topological polar surface area (TPSA) is 42.0 Å². The van der Waals surface area contributed by atoms with Crippen molar-refractivity contribution in [3.8, 4) is 11.5 Å². The van der Waals surface area contributed by atoms with E-state index in [2.05, 4.69) is 9.80 Å². The van der Waals surface area contributed by atoms with Crippen LogP contribution in [0.25, 0.3) is 0 Å². The number of alkyl halides is 3. The lowest BCUT2D eigenvalue weighted by molar-refractivity contribution is -0.137. The van der Waals surface area contributed by atoms with E-state index < -0.39 is 11.7 Å². The molecule has 1 saturated heterocycles. The second-order valence-electron chi connectivity index (χ2n) is 7.80. The molecule has 0 bridgehead atoms. The lowest BCUT2D eigenvalue weighted by Gasteiger charge is -2.36. The summed E-state index contributed by atoms with van der Waals surface area (Å²) in [4.78, 5) is 16.9. The van der Waals surface area contributed by atoms with Crippen LogP contribution < -0.4 is 14.4 Å². The van der Waals surface area contributed by atoms with Crippen LogP contribution in [0.2, 0.25) is 0 Å². The Labute approximate surface area is 186 Å². The number of carbonyl (C=O) groups excluding carboxylic acids is 1. The number of benzene rings is 2. The van der Waals surface area contributed by atoms with Crippen LogP contribution in [0, 0.1) is 0 Å². The van der Waals surface area contributed by atoms with Crippen molar-refractivity contribution >= 4 is 11.5 Å². The Bertz CT molecular complexity index is 892. The van der Waals surface area contributed by atoms with E-state index in [1.807, 2.05) is 18.2 Å². The molecular formula is C24H29F3N2O3. The van der Waals surface area contributed by atoms with Crippen molar-refractivity contribution in [1.29, 1.82) is 0 Å². The van der Waals surface area contributed by atoms with Crippen molar-refractivity contribution in [2.75, 3.05) is 51.8 Å². The van der Waals surface area contributed by atoms with Gasteiger partial charge in [-0.25, -0.2) is 0 Å². The van der Waals surface area contributed by atoms with E-state index in [4.69, 9.17) is 9.47 Å². The smallest absolute Gasteiger partial charge is 0.416 e. The number of methoxy groups -OCH3 is 2. The SMILES string of the molecule is COc1cccc(N2CCN(CCCCC(=O)c3ccc(C(F)(F)F)cc3)CC2)c1OC. The number of ketones is 1. The molecule has 0 unspecified atom stereocenters. The third-order valence-corrected chi connectivity index (χ3v) is 5.76. The maximum Gasteiger partial charge on any atom is 0.416 e. The van der Waals surface area contributed by atoms with Gasteiger partial charge in [0.15, 0.2) is 17.3 Å². The maximum absolute atomic E-state index is 12.6. The second kappa shape index (κ2) is 10.7. The molecule has 0 N–H and O–H groups in total. The van der Waals surface area contributed by atoms with E-state index in [1.54, 1.807) is 14.2 Å². The minimum absolute atomic E-state index is 0.117. The summed E-state index contributed by atoms with van der Waals surface area (Å²) < 4.78 is 48.8. The number of rotatable bonds is 9. The molecule has 5 nitrogen and oxygen atoms in total. The number of hydrogen-bond acceptors (Lipinski definition) is 5. The summed E-state index contributed by atoms with van der Waals surface area (Å²) in [5.41, 5.74) is 0.618. The number of anilines is 1. The Hall–Kier alpha value is -2.74. The van der Waals surface area contributed by atoms with Crippen LogP contribution in [0.1, 0.15) is 35.2 Å². The summed E-state index contributed by atoms with van der Waals surface area (Å²) in [5.74, 6) is 1.34. The highest BCUT2D eigenvalue weighted by Gasteiger charge is 2.30. The number of piperazine rings is 1. The molecule has 0 radical (unpaired) electrons. The Morgan fingerprint density at radius 3 is 2.22 bits per heavy atom. The van der Waals surface area contributed by atoms with Crippen LogP contribution >= 0.6 is 0 Å². The summed E-state index contributed by atoms with van der Waals surface area (Å²) in [6.45, 7) is 4.45. The van der Waals surface area contributed by atoms with Crippen LogP contribution in [-0.4, -0.2) is 57.6 Å². The molecule has 2 aromatic rings. The number of unbranched alkanes of at least 4 members (excludes halogenated alkanes) is 1. The monoisotopic (exact) mass is 450 g/mol. The molecule has 0 aromatic heterocycles. The first-order valence-electron chi connectivity index (χ1n) is 10.7. The highest BCUT2D eigenvalue weighted by molar-refractivity contribution is 5.96. The predicted octanol–water partition coefficient (Wildman–Crippen LogP) is 4.90. The van der Waals surface area contributed by atoms with Crippen molar-refractivity contribution in [1.82, 2.24) is 4.90 Å². The standard InChI is InChI=1S/C24H29F3N2O3/c1-31-22-8-5-6-20(23(22)32-2)29-16-14-28(15-17-29)13-4-3-7-21(30)18-9-11-19(12-10-18)24(25,26)27/h5-6,8-12H,3-4,7,13-17H2,1-2H3. The van der Waals surface area contributed by atoms with Gasteiger partial charge in [-0.15, -0.1) is 0 Å². The van der Waals surface area contributed by atoms with Gasteiger partial charge in [-0.3, -0.25) is 9.69 Å². The van der Waals surface area contributed by atoms with Crippen molar-refractivity contribution < 1.29 is 27.4 Å². The lowest BCUT2D eigenvalue weighted by atomic mass is 10.0. The summed E-state index contributed by atoms with van der Waals surface area (Å²) in [6, 6.07) is 10.3. The Kier molecular flexibility index (Phi) is 8.01. The summed E-state index contributed by atoms with van der Waals surface area (Å²) in [5, 5.41) is 0. The van der Waals surface area contributed by atoms with Crippen molar-refractivity contribution in [3.05, 3.63) is 53.6 Å². The number of Topliss-reactive ketones (excluding diaryl/α,β-unsaturated/α-hetero) is 1. The van der Waals surface area contributed by atoms with Gasteiger partial charge in [0.25, 0.3) is 0 Å². The molecule has 0 saturated carbocycles. The zero-order valence-corrected chi connectivity index (χ0v) is 18.5. The molecule has 0 amide bonds. The van der Waals surface area contributed by atoms with E-state index in [1.165, 1.54) is 12.1 Å². The quantitative estimate of drug-likeness (QED) is 0.402.